The maximum absolute atomic E-state index is 3.96. The molecule has 3 rings (SSSR count). The van der Waals surface area contributed by atoms with E-state index in [1.165, 1.54) is 11.1 Å². The maximum atomic E-state index is 3.96. The van der Waals surface area contributed by atoms with Gasteiger partial charge in [-0.3, -0.25) is 9.97 Å². The third kappa shape index (κ3) is 3.52. The minimum atomic E-state index is 0.968. The number of aromatic nitrogens is 4. The van der Waals surface area contributed by atoms with Gasteiger partial charge in [-0.1, -0.05) is 0 Å². The van der Waals surface area contributed by atoms with E-state index >= 15 is 0 Å². The van der Waals surface area contributed by atoms with Gasteiger partial charge in [0.1, 0.15) is 5.82 Å². The summed E-state index contributed by atoms with van der Waals surface area (Å²) in [6.07, 6.45) is 10.7. The van der Waals surface area contributed by atoms with Gasteiger partial charge in [0.2, 0.25) is 0 Å². The molecule has 3 aromatic heterocycles. The van der Waals surface area contributed by atoms with Gasteiger partial charge in [-0.2, -0.15) is 0 Å². The number of nitrogens with zero attached hydrogens (tertiary/aromatic N) is 3. The summed E-state index contributed by atoms with van der Waals surface area (Å²) in [4.78, 5) is 14.7. The number of pyridine rings is 2. The number of hydrogen-bond acceptors (Lipinski definition) is 3. The first kappa shape index (κ1) is 12.0. The minimum absolute atomic E-state index is 0.968. The molecule has 0 spiro atoms. The Morgan fingerprint density at radius 2 is 1.28 bits per heavy atom. The summed E-state index contributed by atoms with van der Waals surface area (Å²) in [6.45, 7) is 1.92. The predicted octanol–water partition coefficient (Wildman–Crippen LogP) is 2.86. The topological polar surface area (TPSA) is 54.5 Å². The number of nitrogens with one attached hydrogen (secondary N) is 1. The van der Waals surface area contributed by atoms with Crippen LogP contribution in [0, 0.1) is 6.92 Å². The van der Waals surface area contributed by atoms with Crippen molar-refractivity contribution in [2.24, 2.45) is 0 Å². The molecule has 0 bridgehead atoms. The van der Waals surface area contributed by atoms with E-state index in [9.17, 15) is 0 Å². The van der Waals surface area contributed by atoms with E-state index in [-0.39, 0.29) is 0 Å². The number of rotatable bonds is 1. The highest BCUT2D eigenvalue weighted by Crippen LogP contribution is 2.15. The molecular weight excluding hydrogens is 224 g/mol. The molecule has 1 N–H and O–H groups in total. The second-order valence-corrected chi connectivity index (χ2v) is 3.65. The van der Waals surface area contributed by atoms with E-state index in [1.807, 2.05) is 31.2 Å². The average molecular weight is 238 g/mol. The Balaban J connectivity index is 0.000000169. The van der Waals surface area contributed by atoms with Crippen molar-refractivity contribution in [2.45, 2.75) is 6.92 Å². The van der Waals surface area contributed by atoms with Crippen molar-refractivity contribution in [1.82, 2.24) is 19.9 Å². The Labute approximate surface area is 106 Å². The summed E-state index contributed by atoms with van der Waals surface area (Å²) < 4.78 is 0. The van der Waals surface area contributed by atoms with E-state index in [4.69, 9.17) is 0 Å². The third-order valence-electron chi connectivity index (χ3n) is 2.33. The van der Waals surface area contributed by atoms with E-state index in [2.05, 4.69) is 19.9 Å². The van der Waals surface area contributed by atoms with Crippen LogP contribution in [0.4, 0.5) is 0 Å². The Morgan fingerprint density at radius 1 is 0.778 bits per heavy atom. The van der Waals surface area contributed by atoms with Crippen molar-refractivity contribution in [1.29, 1.82) is 0 Å². The number of H-pyrrole nitrogens is 1. The fraction of sp³-hybridized carbons (Fsp3) is 0.0714. The van der Waals surface area contributed by atoms with Crippen LogP contribution in [-0.4, -0.2) is 19.9 Å². The molecule has 0 radical (unpaired) electrons. The van der Waals surface area contributed by atoms with Crippen LogP contribution in [0.1, 0.15) is 5.82 Å². The van der Waals surface area contributed by atoms with Crippen LogP contribution in [0.5, 0.6) is 0 Å². The average Bonchev–Trinajstić information content (AvgIpc) is 2.93. The minimum Gasteiger partial charge on any atom is -0.349 e. The molecule has 0 aliphatic heterocycles. The normalized spacial score (nSPS) is 9.39. The molecule has 3 aromatic rings. The lowest BCUT2D eigenvalue weighted by atomic mass is 10.1. The molecule has 0 unspecified atom stereocenters. The summed E-state index contributed by atoms with van der Waals surface area (Å²) in [5.41, 5.74) is 2.35. The molecule has 0 atom stereocenters. The molecule has 0 aliphatic carbocycles. The first-order valence-electron chi connectivity index (χ1n) is 5.62. The Bertz CT molecular complexity index is 509. The van der Waals surface area contributed by atoms with Gasteiger partial charge in [-0.15, -0.1) is 0 Å². The molecule has 0 amide bonds. The van der Waals surface area contributed by atoms with Crippen LogP contribution < -0.4 is 0 Å². The monoisotopic (exact) mass is 238 g/mol. The highest BCUT2D eigenvalue weighted by Gasteiger charge is 1.92. The van der Waals surface area contributed by atoms with Crippen molar-refractivity contribution in [2.75, 3.05) is 0 Å². The van der Waals surface area contributed by atoms with Crippen molar-refractivity contribution < 1.29 is 0 Å². The zero-order chi connectivity index (χ0) is 12.6. The highest BCUT2D eigenvalue weighted by molar-refractivity contribution is 5.61. The second-order valence-electron chi connectivity index (χ2n) is 3.65. The lowest BCUT2D eigenvalue weighted by molar-refractivity contribution is 1.15. The molecule has 0 aliphatic rings. The highest BCUT2D eigenvalue weighted by atomic mass is 14.9. The van der Waals surface area contributed by atoms with Gasteiger partial charge in [0.05, 0.1) is 0 Å². The van der Waals surface area contributed by atoms with Crippen LogP contribution >= 0.6 is 0 Å². The molecule has 4 heteroatoms. The smallest absolute Gasteiger partial charge is 0.102 e. The fourth-order valence-corrected chi connectivity index (χ4v) is 1.43. The van der Waals surface area contributed by atoms with Crippen LogP contribution in [0.2, 0.25) is 0 Å². The van der Waals surface area contributed by atoms with Gasteiger partial charge in [0.25, 0.3) is 0 Å². The van der Waals surface area contributed by atoms with Gasteiger partial charge >= 0.3 is 0 Å². The SMILES string of the molecule is Cc1ncc[nH]1.c1cc(-c2ccncc2)ccn1. The van der Waals surface area contributed by atoms with Crippen LogP contribution in [0.25, 0.3) is 11.1 Å². The van der Waals surface area contributed by atoms with E-state index in [0.717, 1.165) is 5.82 Å². The zero-order valence-electron chi connectivity index (χ0n) is 10.1. The molecule has 18 heavy (non-hydrogen) atoms. The molecule has 90 valence electrons. The van der Waals surface area contributed by atoms with Gasteiger partial charge in [-0.25, -0.2) is 4.98 Å². The fourth-order valence-electron chi connectivity index (χ4n) is 1.43. The van der Waals surface area contributed by atoms with Crippen molar-refractivity contribution in [3.63, 3.8) is 0 Å². The Kier molecular flexibility index (Phi) is 4.19. The first-order valence-corrected chi connectivity index (χ1v) is 5.62. The molecule has 0 aromatic carbocycles. The van der Waals surface area contributed by atoms with Crippen LogP contribution in [-0.2, 0) is 0 Å². The van der Waals surface area contributed by atoms with Crippen LogP contribution in [0.3, 0.4) is 0 Å². The standard InChI is InChI=1S/C10H8N2.C4H6N2/c1-5-11-6-2-9(1)10-3-7-12-8-4-10;1-4-5-2-3-6-4/h1-8H;2-3H,1H3,(H,5,6). The maximum Gasteiger partial charge on any atom is 0.102 e. The lowest BCUT2D eigenvalue weighted by Gasteiger charge is -1.97. The Hall–Kier alpha value is -2.49. The summed E-state index contributed by atoms with van der Waals surface area (Å²) in [5, 5.41) is 0. The van der Waals surface area contributed by atoms with E-state index in [1.54, 1.807) is 37.2 Å². The van der Waals surface area contributed by atoms with Gasteiger partial charge in [-0.05, 0) is 42.3 Å². The summed E-state index contributed by atoms with van der Waals surface area (Å²) >= 11 is 0. The van der Waals surface area contributed by atoms with Gasteiger partial charge in [0, 0.05) is 37.2 Å². The first-order chi connectivity index (χ1) is 8.86. The molecule has 4 nitrogen and oxygen atoms in total. The number of imidazole rings is 1. The molecule has 0 fully saturated rings. The summed E-state index contributed by atoms with van der Waals surface area (Å²) in [5.74, 6) is 0.968. The summed E-state index contributed by atoms with van der Waals surface area (Å²) in [6, 6.07) is 7.93. The molecular formula is C14H14N4. The predicted molar refractivity (Wildman–Crippen MR) is 70.8 cm³/mol. The van der Waals surface area contributed by atoms with Crippen LogP contribution in [0.15, 0.2) is 61.4 Å². The van der Waals surface area contributed by atoms with Gasteiger partial charge < -0.3 is 4.98 Å². The lowest BCUT2D eigenvalue weighted by Crippen LogP contribution is -1.77. The number of hydrogen-bond donors (Lipinski definition) is 1. The zero-order valence-corrected chi connectivity index (χ0v) is 10.1. The quantitative estimate of drug-likeness (QED) is 0.709. The number of aromatic amines is 1. The largest absolute Gasteiger partial charge is 0.349 e. The molecule has 0 saturated carbocycles. The third-order valence-corrected chi connectivity index (χ3v) is 2.33. The van der Waals surface area contributed by atoms with Crippen molar-refractivity contribution >= 4 is 0 Å². The van der Waals surface area contributed by atoms with Crippen molar-refractivity contribution in [3.8, 4) is 11.1 Å². The Morgan fingerprint density at radius 3 is 1.56 bits per heavy atom. The van der Waals surface area contributed by atoms with Crippen molar-refractivity contribution in [3.05, 3.63) is 67.3 Å². The van der Waals surface area contributed by atoms with E-state index in [0.29, 0.717) is 0 Å². The second kappa shape index (κ2) is 6.30. The summed E-state index contributed by atoms with van der Waals surface area (Å²) in [7, 11) is 0. The molecule has 0 saturated heterocycles. The number of aryl methyl sites for hydroxylation is 1. The van der Waals surface area contributed by atoms with E-state index < -0.39 is 0 Å². The molecule has 3 heterocycles. The van der Waals surface area contributed by atoms with Gasteiger partial charge in [0.15, 0.2) is 0 Å².